The molecule has 100 valence electrons. The maximum absolute atomic E-state index is 3.70. The quantitative estimate of drug-likeness (QED) is 0.876. The SMILES string of the molecule is CCN(CC1(C)CCCCN1)c1ccc(C)cc1. The monoisotopic (exact) mass is 246 g/mol. The van der Waals surface area contributed by atoms with Crippen molar-refractivity contribution in [3.05, 3.63) is 29.8 Å². The van der Waals surface area contributed by atoms with Crippen LogP contribution in [0.15, 0.2) is 24.3 Å². The summed E-state index contributed by atoms with van der Waals surface area (Å²) < 4.78 is 0. The lowest BCUT2D eigenvalue weighted by Gasteiger charge is -2.40. The van der Waals surface area contributed by atoms with E-state index >= 15 is 0 Å². The number of hydrogen-bond donors (Lipinski definition) is 1. The molecule has 1 aliphatic heterocycles. The van der Waals surface area contributed by atoms with E-state index in [1.165, 1.54) is 37.1 Å². The molecule has 0 aliphatic carbocycles. The summed E-state index contributed by atoms with van der Waals surface area (Å²) in [5.74, 6) is 0. The van der Waals surface area contributed by atoms with Gasteiger partial charge in [-0.2, -0.15) is 0 Å². The number of likely N-dealkylation sites (N-methyl/N-ethyl adjacent to an activating group) is 1. The molecule has 1 atom stereocenters. The highest BCUT2D eigenvalue weighted by molar-refractivity contribution is 5.47. The Morgan fingerprint density at radius 3 is 2.50 bits per heavy atom. The van der Waals surface area contributed by atoms with Crippen LogP contribution in [0, 0.1) is 6.92 Å². The molecule has 0 radical (unpaired) electrons. The fraction of sp³-hybridized carbons (Fsp3) is 0.625. The van der Waals surface area contributed by atoms with Gasteiger partial charge in [0.2, 0.25) is 0 Å². The molecular weight excluding hydrogens is 220 g/mol. The van der Waals surface area contributed by atoms with Crippen molar-refractivity contribution in [1.29, 1.82) is 0 Å². The maximum atomic E-state index is 3.70. The molecule has 0 spiro atoms. The topological polar surface area (TPSA) is 15.3 Å². The molecule has 18 heavy (non-hydrogen) atoms. The zero-order valence-electron chi connectivity index (χ0n) is 12.0. The summed E-state index contributed by atoms with van der Waals surface area (Å²) in [5.41, 5.74) is 2.95. The Balaban J connectivity index is 2.06. The summed E-state index contributed by atoms with van der Waals surface area (Å²) in [6.07, 6.45) is 3.97. The van der Waals surface area contributed by atoms with Gasteiger partial charge >= 0.3 is 0 Å². The minimum absolute atomic E-state index is 0.277. The zero-order chi connectivity index (χ0) is 13.0. The van der Waals surface area contributed by atoms with Crippen LogP contribution in [0.2, 0.25) is 0 Å². The van der Waals surface area contributed by atoms with Gasteiger partial charge in [0.05, 0.1) is 0 Å². The third kappa shape index (κ3) is 3.26. The lowest BCUT2D eigenvalue weighted by Crippen LogP contribution is -2.53. The molecule has 2 nitrogen and oxygen atoms in total. The van der Waals surface area contributed by atoms with Gasteiger partial charge in [0.15, 0.2) is 0 Å². The number of aryl methyl sites for hydroxylation is 1. The number of anilines is 1. The first kappa shape index (κ1) is 13.4. The number of nitrogens with zero attached hydrogens (tertiary/aromatic N) is 1. The number of benzene rings is 1. The second kappa shape index (κ2) is 5.75. The second-order valence-corrected chi connectivity index (χ2v) is 5.79. The summed E-state index contributed by atoms with van der Waals surface area (Å²) in [6, 6.07) is 8.89. The van der Waals surface area contributed by atoms with Crippen LogP contribution in [0.25, 0.3) is 0 Å². The molecule has 0 saturated carbocycles. The maximum Gasteiger partial charge on any atom is 0.0366 e. The molecular formula is C16H26N2. The standard InChI is InChI=1S/C16H26N2/c1-4-18(15-9-7-14(2)8-10-15)13-16(3)11-5-6-12-17-16/h7-10,17H,4-6,11-13H2,1-3H3. The third-order valence-electron chi connectivity index (χ3n) is 4.03. The smallest absolute Gasteiger partial charge is 0.0366 e. The molecule has 0 amide bonds. The van der Waals surface area contributed by atoms with E-state index in [1.807, 2.05) is 0 Å². The van der Waals surface area contributed by atoms with Crippen LogP contribution in [0.1, 0.15) is 38.7 Å². The Bertz CT molecular complexity index is 363. The van der Waals surface area contributed by atoms with E-state index in [9.17, 15) is 0 Å². The van der Waals surface area contributed by atoms with Crippen molar-refractivity contribution in [2.24, 2.45) is 0 Å². The van der Waals surface area contributed by atoms with Crippen LogP contribution in [0.3, 0.4) is 0 Å². The van der Waals surface area contributed by atoms with Gasteiger partial charge in [-0.05, 0) is 52.3 Å². The Kier molecular flexibility index (Phi) is 4.28. The van der Waals surface area contributed by atoms with Crippen molar-refractivity contribution in [2.45, 2.75) is 45.6 Å². The van der Waals surface area contributed by atoms with Gasteiger partial charge in [-0.1, -0.05) is 24.1 Å². The van der Waals surface area contributed by atoms with Crippen LogP contribution in [-0.4, -0.2) is 25.2 Å². The molecule has 0 bridgehead atoms. The van der Waals surface area contributed by atoms with Crippen LogP contribution in [0.5, 0.6) is 0 Å². The Hall–Kier alpha value is -1.02. The Morgan fingerprint density at radius 1 is 1.22 bits per heavy atom. The average molecular weight is 246 g/mol. The van der Waals surface area contributed by atoms with Gasteiger partial charge in [-0.3, -0.25) is 0 Å². The molecule has 1 aromatic rings. The first-order valence-electron chi connectivity index (χ1n) is 7.20. The number of hydrogen-bond acceptors (Lipinski definition) is 2. The van der Waals surface area contributed by atoms with Crippen molar-refractivity contribution in [1.82, 2.24) is 5.32 Å². The van der Waals surface area contributed by atoms with Gasteiger partial charge in [0.25, 0.3) is 0 Å². The van der Waals surface area contributed by atoms with E-state index < -0.39 is 0 Å². The predicted octanol–water partition coefficient (Wildman–Crippen LogP) is 3.35. The van der Waals surface area contributed by atoms with E-state index in [1.54, 1.807) is 0 Å². The lowest BCUT2D eigenvalue weighted by molar-refractivity contribution is 0.281. The molecule has 1 heterocycles. The van der Waals surface area contributed by atoms with Crippen LogP contribution in [-0.2, 0) is 0 Å². The number of nitrogens with one attached hydrogen (secondary N) is 1. The summed E-state index contributed by atoms with van der Waals surface area (Å²) >= 11 is 0. The van der Waals surface area contributed by atoms with Crippen molar-refractivity contribution < 1.29 is 0 Å². The van der Waals surface area contributed by atoms with Crippen molar-refractivity contribution in [2.75, 3.05) is 24.5 Å². The van der Waals surface area contributed by atoms with Gasteiger partial charge in [0.1, 0.15) is 0 Å². The predicted molar refractivity (Wildman–Crippen MR) is 79.3 cm³/mol. The minimum Gasteiger partial charge on any atom is -0.370 e. The van der Waals surface area contributed by atoms with E-state index in [0.29, 0.717) is 0 Å². The van der Waals surface area contributed by atoms with Gasteiger partial charge in [-0.15, -0.1) is 0 Å². The third-order valence-corrected chi connectivity index (χ3v) is 4.03. The summed E-state index contributed by atoms with van der Waals surface area (Å²) in [4.78, 5) is 2.48. The largest absolute Gasteiger partial charge is 0.370 e. The number of piperidine rings is 1. The molecule has 1 saturated heterocycles. The second-order valence-electron chi connectivity index (χ2n) is 5.79. The van der Waals surface area contributed by atoms with Crippen LogP contribution >= 0.6 is 0 Å². The van der Waals surface area contributed by atoms with Crippen molar-refractivity contribution >= 4 is 5.69 Å². The zero-order valence-corrected chi connectivity index (χ0v) is 12.0. The van der Waals surface area contributed by atoms with E-state index in [2.05, 4.69) is 55.3 Å². The van der Waals surface area contributed by atoms with E-state index in [0.717, 1.165) is 13.1 Å². The van der Waals surface area contributed by atoms with Gasteiger partial charge in [-0.25, -0.2) is 0 Å². The molecule has 0 aromatic heterocycles. The molecule has 1 N–H and O–H groups in total. The highest BCUT2D eigenvalue weighted by Gasteiger charge is 2.28. The summed E-state index contributed by atoms with van der Waals surface area (Å²) in [7, 11) is 0. The summed E-state index contributed by atoms with van der Waals surface area (Å²) in [6.45, 7) is 10.1. The molecule has 2 heteroatoms. The molecule has 1 unspecified atom stereocenters. The number of rotatable bonds is 4. The Labute approximate surface area is 111 Å². The van der Waals surface area contributed by atoms with E-state index in [4.69, 9.17) is 0 Å². The fourth-order valence-corrected chi connectivity index (χ4v) is 2.82. The van der Waals surface area contributed by atoms with Crippen molar-refractivity contribution in [3.8, 4) is 0 Å². The van der Waals surface area contributed by atoms with E-state index in [-0.39, 0.29) is 5.54 Å². The van der Waals surface area contributed by atoms with Crippen molar-refractivity contribution in [3.63, 3.8) is 0 Å². The van der Waals surface area contributed by atoms with Gasteiger partial charge < -0.3 is 10.2 Å². The molecule has 1 aromatic carbocycles. The minimum atomic E-state index is 0.277. The Morgan fingerprint density at radius 2 is 1.94 bits per heavy atom. The first-order valence-corrected chi connectivity index (χ1v) is 7.20. The summed E-state index contributed by atoms with van der Waals surface area (Å²) in [5, 5.41) is 3.70. The fourth-order valence-electron chi connectivity index (χ4n) is 2.82. The molecule has 1 fully saturated rings. The normalized spacial score (nSPS) is 23.9. The van der Waals surface area contributed by atoms with Gasteiger partial charge in [0, 0.05) is 24.3 Å². The lowest BCUT2D eigenvalue weighted by atomic mass is 9.90. The van der Waals surface area contributed by atoms with Crippen LogP contribution in [0.4, 0.5) is 5.69 Å². The highest BCUT2D eigenvalue weighted by Crippen LogP contribution is 2.23. The average Bonchev–Trinajstić information content (AvgIpc) is 2.38. The molecule has 2 rings (SSSR count). The first-order chi connectivity index (χ1) is 8.63. The highest BCUT2D eigenvalue weighted by atomic mass is 15.2. The van der Waals surface area contributed by atoms with Crippen LogP contribution < -0.4 is 10.2 Å². The molecule has 1 aliphatic rings.